The molecule has 2 aliphatic rings. The Hall–Kier alpha value is -0.990. The Kier molecular flexibility index (Phi) is 1.28. The second-order valence-corrected chi connectivity index (χ2v) is 4.34. The summed E-state index contributed by atoms with van der Waals surface area (Å²) in [5.41, 5.74) is 0.857. The fourth-order valence-electron chi connectivity index (χ4n) is 2.16. The van der Waals surface area contributed by atoms with Crippen molar-refractivity contribution in [2.45, 2.75) is 24.4 Å². The molecule has 0 radical (unpaired) electrons. The molecule has 0 atom stereocenters. The minimum Gasteiger partial charge on any atom is -0.166 e. The van der Waals surface area contributed by atoms with E-state index in [1.165, 1.54) is 25.0 Å². The van der Waals surface area contributed by atoms with Crippen molar-refractivity contribution in [2.24, 2.45) is 5.92 Å². The Morgan fingerprint density at radius 3 is 1.93 bits per heavy atom. The highest BCUT2D eigenvalue weighted by atomic mass is 19.4. The van der Waals surface area contributed by atoms with Gasteiger partial charge in [0.1, 0.15) is 0 Å². The summed E-state index contributed by atoms with van der Waals surface area (Å²) < 4.78 is 36.7. The van der Waals surface area contributed by atoms with Crippen molar-refractivity contribution in [2.75, 3.05) is 0 Å². The fourth-order valence-corrected chi connectivity index (χ4v) is 2.16. The second kappa shape index (κ2) is 2.15. The number of hydrogen-bond donors (Lipinski definition) is 0. The van der Waals surface area contributed by atoms with Crippen LogP contribution in [0, 0.1) is 5.92 Å². The van der Waals surface area contributed by atoms with Gasteiger partial charge in [-0.1, -0.05) is 12.1 Å². The van der Waals surface area contributed by atoms with Crippen LogP contribution in [0.4, 0.5) is 13.2 Å². The van der Waals surface area contributed by atoms with Gasteiger partial charge in [0, 0.05) is 0 Å². The highest BCUT2D eigenvalue weighted by Gasteiger charge is 2.70. The summed E-state index contributed by atoms with van der Waals surface area (Å²) in [6, 6.07) is 5.65. The molecule has 0 nitrogen and oxygen atoms in total. The molecule has 14 heavy (non-hydrogen) atoms. The van der Waals surface area contributed by atoms with E-state index in [0.717, 1.165) is 11.5 Å². The molecule has 1 aromatic carbocycles. The largest absolute Gasteiger partial charge is 0.416 e. The third kappa shape index (κ3) is 1.01. The van der Waals surface area contributed by atoms with Crippen molar-refractivity contribution >= 4 is 0 Å². The summed E-state index contributed by atoms with van der Waals surface area (Å²) in [7, 11) is 0. The van der Waals surface area contributed by atoms with Gasteiger partial charge >= 0.3 is 6.18 Å². The molecule has 0 aliphatic heterocycles. The number of rotatable bonds is 1. The zero-order chi connectivity index (χ0) is 9.97. The fraction of sp³-hybridized carbons (Fsp3) is 0.455. The van der Waals surface area contributed by atoms with Crippen LogP contribution in [0.2, 0.25) is 0 Å². The Morgan fingerprint density at radius 1 is 1.07 bits per heavy atom. The van der Waals surface area contributed by atoms with Gasteiger partial charge in [-0.3, -0.25) is 0 Å². The van der Waals surface area contributed by atoms with Crippen molar-refractivity contribution < 1.29 is 13.2 Å². The Morgan fingerprint density at radius 2 is 1.57 bits per heavy atom. The topological polar surface area (TPSA) is 0 Å². The molecule has 3 rings (SSSR count). The van der Waals surface area contributed by atoms with Gasteiger partial charge in [0.15, 0.2) is 0 Å². The van der Waals surface area contributed by atoms with Gasteiger partial charge in [-0.25, -0.2) is 0 Å². The van der Waals surface area contributed by atoms with Crippen LogP contribution in [-0.2, 0) is 11.6 Å². The molecule has 0 aromatic heterocycles. The van der Waals surface area contributed by atoms with E-state index in [1.807, 2.05) is 0 Å². The molecule has 0 spiro atoms. The van der Waals surface area contributed by atoms with Crippen LogP contribution >= 0.6 is 0 Å². The van der Waals surface area contributed by atoms with E-state index in [9.17, 15) is 13.2 Å². The molecule has 1 aromatic rings. The molecule has 0 unspecified atom stereocenters. The number of benzene rings is 1. The zero-order valence-corrected chi connectivity index (χ0v) is 7.43. The lowest BCUT2D eigenvalue weighted by atomic mass is 10.0. The molecule has 2 fully saturated rings. The first-order valence-corrected chi connectivity index (χ1v) is 4.70. The van der Waals surface area contributed by atoms with Gasteiger partial charge in [0.2, 0.25) is 0 Å². The van der Waals surface area contributed by atoms with Crippen LogP contribution in [0.15, 0.2) is 24.3 Å². The van der Waals surface area contributed by atoms with Crippen molar-refractivity contribution in [1.29, 1.82) is 0 Å². The number of alkyl halides is 3. The highest BCUT2D eigenvalue weighted by Crippen LogP contribution is 2.75. The Bertz CT molecular complexity index is 348. The van der Waals surface area contributed by atoms with Crippen LogP contribution in [0.1, 0.15) is 24.0 Å². The molecular formula is C11H9F3. The first-order chi connectivity index (χ1) is 6.52. The smallest absolute Gasteiger partial charge is 0.166 e. The minimum absolute atomic E-state index is 0.310. The van der Waals surface area contributed by atoms with Crippen molar-refractivity contribution in [1.82, 2.24) is 0 Å². The standard InChI is InChI=1S/C11H9F3/c12-11(13,14)8-3-1-7(2-4-8)10-5-9(10)6-10/h1-4,9H,5-6H2. The van der Waals surface area contributed by atoms with E-state index >= 15 is 0 Å². The summed E-state index contributed by atoms with van der Waals surface area (Å²) >= 11 is 0. The molecule has 2 aliphatic carbocycles. The lowest BCUT2D eigenvalue weighted by Gasteiger charge is -2.08. The summed E-state index contributed by atoms with van der Waals surface area (Å²) in [5.74, 6) is 0.777. The minimum atomic E-state index is -4.21. The molecule has 0 saturated heterocycles. The summed E-state index contributed by atoms with van der Waals surface area (Å²) in [6.45, 7) is 0. The van der Waals surface area contributed by atoms with Crippen molar-refractivity contribution in [3.05, 3.63) is 35.4 Å². The van der Waals surface area contributed by atoms with Gasteiger partial charge in [-0.05, 0) is 41.9 Å². The van der Waals surface area contributed by atoms with Gasteiger partial charge in [-0.2, -0.15) is 13.2 Å². The maximum atomic E-state index is 12.2. The molecule has 74 valence electrons. The van der Waals surface area contributed by atoms with E-state index in [-0.39, 0.29) is 0 Å². The normalized spacial score (nSPS) is 33.8. The maximum absolute atomic E-state index is 12.2. The van der Waals surface area contributed by atoms with Crippen LogP contribution in [0.25, 0.3) is 0 Å². The first kappa shape index (κ1) is 8.33. The van der Waals surface area contributed by atoms with Gasteiger partial charge < -0.3 is 0 Å². The first-order valence-electron chi connectivity index (χ1n) is 4.70. The molecule has 0 bridgehead atoms. The van der Waals surface area contributed by atoms with Crippen LogP contribution in [0.3, 0.4) is 0 Å². The molecule has 0 heterocycles. The van der Waals surface area contributed by atoms with E-state index in [2.05, 4.69) is 0 Å². The number of halogens is 3. The average Bonchev–Trinajstić information content (AvgIpc) is 2.89. The predicted molar refractivity (Wildman–Crippen MR) is 45.8 cm³/mol. The van der Waals surface area contributed by atoms with Crippen molar-refractivity contribution in [3.8, 4) is 0 Å². The second-order valence-electron chi connectivity index (χ2n) is 4.34. The number of hydrogen-bond acceptors (Lipinski definition) is 0. The van der Waals surface area contributed by atoms with Gasteiger partial charge in [0.25, 0.3) is 0 Å². The van der Waals surface area contributed by atoms with Crippen LogP contribution in [0.5, 0.6) is 0 Å². The molecule has 0 amide bonds. The van der Waals surface area contributed by atoms with E-state index in [1.54, 1.807) is 12.1 Å². The maximum Gasteiger partial charge on any atom is 0.416 e. The molecule has 2 saturated carbocycles. The van der Waals surface area contributed by atoms with Crippen LogP contribution in [-0.4, -0.2) is 0 Å². The van der Waals surface area contributed by atoms with E-state index in [4.69, 9.17) is 0 Å². The quantitative estimate of drug-likeness (QED) is 0.649. The van der Waals surface area contributed by atoms with Crippen LogP contribution < -0.4 is 0 Å². The third-order valence-electron chi connectivity index (χ3n) is 3.47. The van der Waals surface area contributed by atoms with Crippen molar-refractivity contribution in [3.63, 3.8) is 0 Å². The Balaban J connectivity index is 1.91. The molecule has 0 N–H and O–H groups in total. The zero-order valence-electron chi connectivity index (χ0n) is 7.43. The summed E-state index contributed by atoms with van der Waals surface area (Å²) in [6.07, 6.45) is -1.85. The monoisotopic (exact) mass is 198 g/mol. The predicted octanol–water partition coefficient (Wildman–Crippen LogP) is 3.37. The lowest BCUT2D eigenvalue weighted by molar-refractivity contribution is -0.137. The lowest BCUT2D eigenvalue weighted by Crippen LogP contribution is -2.05. The molecular weight excluding hydrogens is 189 g/mol. The summed E-state index contributed by atoms with van der Waals surface area (Å²) in [5, 5.41) is 0. The highest BCUT2D eigenvalue weighted by molar-refractivity contribution is 5.44. The third-order valence-corrected chi connectivity index (χ3v) is 3.47. The SMILES string of the molecule is FC(F)(F)c1ccc(C23CC2C3)cc1. The molecule has 3 heteroatoms. The Labute approximate surface area is 79.7 Å². The van der Waals surface area contributed by atoms with E-state index < -0.39 is 11.7 Å². The van der Waals surface area contributed by atoms with Gasteiger partial charge in [0.05, 0.1) is 5.56 Å². The van der Waals surface area contributed by atoms with E-state index in [0.29, 0.717) is 5.41 Å². The number of fused-ring (bicyclic) bond motifs is 1. The average molecular weight is 198 g/mol. The van der Waals surface area contributed by atoms with Gasteiger partial charge in [-0.15, -0.1) is 0 Å². The summed E-state index contributed by atoms with van der Waals surface area (Å²) in [4.78, 5) is 0.